The van der Waals surface area contributed by atoms with E-state index in [9.17, 15) is 4.79 Å². The Morgan fingerprint density at radius 1 is 1.03 bits per heavy atom. The number of H-pyrrole nitrogens is 2. The second-order valence-electron chi connectivity index (χ2n) is 9.35. The Morgan fingerprint density at radius 3 is 2.57 bits per heavy atom. The third-order valence-electron chi connectivity index (χ3n) is 7.23. The van der Waals surface area contributed by atoms with Crippen molar-refractivity contribution in [3.63, 3.8) is 0 Å². The van der Waals surface area contributed by atoms with E-state index in [0.29, 0.717) is 23.5 Å². The molecule has 4 heterocycles. The van der Waals surface area contributed by atoms with Crippen molar-refractivity contribution in [3.8, 4) is 0 Å². The minimum absolute atomic E-state index is 0.0433. The second kappa shape index (κ2) is 9.11. The molecule has 3 aromatic heterocycles. The number of aromatic amines is 2. The van der Waals surface area contributed by atoms with Gasteiger partial charge in [-0.3, -0.25) is 19.4 Å². The van der Waals surface area contributed by atoms with Gasteiger partial charge in [-0.1, -0.05) is 49.4 Å². The highest BCUT2D eigenvalue weighted by molar-refractivity contribution is 5.75. The van der Waals surface area contributed by atoms with Gasteiger partial charge in [0.1, 0.15) is 17.0 Å². The highest BCUT2D eigenvalue weighted by Gasteiger charge is 2.30. The SMILES string of the molecule is CCC(c1nc2[nH]ncc2c(=O)n1Cc1ccccc1)N1CCC(c2nc3ccccc3[nH]2)CC1. The fourth-order valence-corrected chi connectivity index (χ4v) is 5.37. The number of benzene rings is 2. The molecule has 0 radical (unpaired) electrons. The summed E-state index contributed by atoms with van der Waals surface area (Å²) in [6, 6.07) is 18.4. The molecule has 0 saturated carbocycles. The maximum atomic E-state index is 13.5. The summed E-state index contributed by atoms with van der Waals surface area (Å²) >= 11 is 0. The number of piperidine rings is 1. The Balaban J connectivity index is 1.29. The number of imidazole rings is 1. The Morgan fingerprint density at radius 2 is 1.80 bits per heavy atom. The largest absolute Gasteiger partial charge is 0.342 e. The van der Waals surface area contributed by atoms with Gasteiger partial charge in [-0.25, -0.2) is 9.97 Å². The summed E-state index contributed by atoms with van der Waals surface area (Å²) < 4.78 is 1.84. The zero-order chi connectivity index (χ0) is 23.8. The normalized spacial score (nSPS) is 16.3. The van der Waals surface area contributed by atoms with Crippen LogP contribution in [0, 0.1) is 0 Å². The van der Waals surface area contributed by atoms with Gasteiger partial charge in [0.15, 0.2) is 5.65 Å². The van der Waals surface area contributed by atoms with Gasteiger partial charge in [-0.05, 0) is 50.0 Å². The van der Waals surface area contributed by atoms with E-state index in [1.54, 1.807) is 6.20 Å². The first-order chi connectivity index (χ1) is 17.2. The van der Waals surface area contributed by atoms with Gasteiger partial charge in [0, 0.05) is 5.92 Å². The van der Waals surface area contributed by atoms with Crippen molar-refractivity contribution in [2.45, 2.75) is 44.7 Å². The average Bonchev–Trinajstić information content (AvgIpc) is 3.55. The van der Waals surface area contributed by atoms with E-state index in [1.807, 2.05) is 34.9 Å². The van der Waals surface area contributed by atoms with Crippen LogP contribution in [-0.2, 0) is 6.54 Å². The van der Waals surface area contributed by atoms with Crippen LogP contribution in [0.2, 0.25) is 0 Å². The molecular formula is C27H29N7O. The fraction of sp³-hybridized carbons (Fsp3) is 0.333. The fourth-order valence-electron chi connectivity index (χ4n) is 5.37. The van der Waals surface area contributed by atoms with Crippen LogP contribution < -0.4 is 5.56 Å². The molecule has 178 valence electrons. The number of aromatic nitrogens is 6. The monoisotopic (exact) mass is 467 g/mol. The van der Waals surface area contributed by atoms with E-state index >= 15 is 0 Å². The van der Waals surface area contributed by atoms with Crippen molar-refractivity contribution in [2.24, 2.45) is 0 Å². The summed E-state index contributed by atoms with van der Waals surface area (Å²) in [4.78, 5) is 29.2. The summed E-state index contributed by atoms with van der Waals surface area (Å²) in [6.45, 7) is 4.53. The van der Waals surface area contributed by atoms with Crippen molar-refractivity contribution < 1.29 is 0 Å². The van der Waals surface area contributed by atoms with Crippen LogP contribution in [0.5, 0.6) is 0 Å². The van der Waals surface area contributed by atoms with Gasteiger partial charge in [0.05, 0.1) is 29.8 Å². The standard InChI is InChI=1S/C27H29N7O/c1-2-23(33-14-12-19(13-15-33)24-29-21-10-6-7-11-22(21)30-24)26-31-25-20(16-28-32-25)27(35)34(26)17-18-8-4-3-5-9-18/h3-11,16,19,23H,2,12-15,17H2,1H3,(H,28,32)(H,29,30). The molecule has 2 aromatic carbocycles. The lowest BCUT2D eigenvalue weighted by atomic mass is 9.94. The Hall–Kier alpha value is -3.78. The van der Waals surface area contributed by atoms with E-state index in [2.05, 4.69) is 51.3 Å². The Bertz CT molecular complexity index is 1480. The predicted octanol–water partition coefficient (Wildman–Crippen LogP) is 4.37. The molecule has 1 unspecified atom stereocenters. The van der Waals surface area contributed by atoms with Crippen LogP contribution >= 0.6 is 0 Å². The lowest BCUT2D eigenvalue weighted by Gasteiger charge is -2.37. The molecule has 1 aliphatic heterocycles. The molecule has 8 heteroatoms. The highest BCUT2D eigenvalue weighted by atomic mass is 16.1. The van der Waals surface area contributed by atoms with Gasteiger partial charge in [0.25, 0.3) is 5.56 Å². The van der Waals surface area contributed by atoms with Crippen LogP contribution in [0.1, 0.15) is 55.4 Å². The smallest absolute Gasteiger partial charge is 0.265 e. The van der Waals surface area contributed by atoms with Gasteiger partial charge >= 0.3 is 0 Å². The van der Waals surface area contributed by atoms with Gasteiger partial charge in [-0.2, -0.15) is 5.10 Å². The zero-order valence-electron chi connectivity index (χ0n) is 19.8. The first kappa shape index (κ1) is 21.7. The number of nitrogens with zero attached hydrogens (tertiary/aromatic N) is 5. The van der Waals surface area contributed by atoms with E-state index < -0.39 is 0 Å². The number of para-hydroxylation sites is 2. The number of nitrogens with one attached hydrogen (secondary N) is 2. The number of hydrogen-bond donors (Lipinski definition) is 2. The van der Waals surface area contributed by atoms with E-state index in [4.69, 9.17) is 9.97 Å². The van der Waals surface area contributed by atoms with Crippen molar-refractivity contribution >= 4 is 22.1 Å². The topological polar surface area (TPSA) is 95.5 Å². The number of hydrogen-bond acceptors (Lipinski definition) is 5. The van der Waals surface area contributed by atoms with Crippen LogP contribution in [0.3, 0.4) is 0 Å². The minimum Gasteiger partial charge on any atom is -0.342 e. The molecule has 0 aliphatic carbocycles. The highest BCUT2D eigenvalue weighted by Crippen LogP contribution is 2.33. The first-order valence-corrected chi connectivity index (χ1v) is 12.4. The quantitative estimate of drug-likeness (QED) is 0.387. The van der Waals surface area contributed by atoms with Crippen LogP contribution in [0.15, 0.2) is 65.6 Å². The maximum Gasteiger partial charge on any atom is 0.265 e. The van der Waals surface area contributed by atoms with Crippen LogP contribution in [0.25, 0.3) is 22.1 Å². The van der Waals surface area contributed by atoms with Crippen LogP contribution in [-0.4, -0.2) is 47.7 Å². The van der Waals surface area contributed by atoms with Crippen molar-refractivity contribution in [1.29, 1.82) is 0 Å². The lowest BCUT2D eigenvalue weighted by molar-refractivity contribution is 0.137. The van der Waals surface area contributed by atoms with Crippen molar-refractivity contribution in [3.05, 3.63) is 88.4 Å². The number of likely N-dealkylation sites (tertiary alicyclic amines) is 1. The Kier molecular flexibility index (Phi) is 5.66. The van der Waals surface area contributed by atoms with Gasteiger partial charge in [-0.15, -0.1) is 0 Å². The number of rotatable bonds is 6. The third kappa shape index (κ3) is 4.04. The summed E-state index contributed by atoms with van der Waals surface area (Å²) in [6.07, 6.45) is 4.49. The molecule has 2 N–H and O–H groups in total. The Labute approximate surface area is 203 Å². The van der Waals surface area contributed by atoms with Gasteiger partial charge < -0.3 is 4.98 Å². The second-order valence-corrected chi connectivity index (χ2v) is 9.35. The summed E-state index contributed by atoms with van der Waals surface area (Å²) in [5.74, 6) is 2.29. The van der Waals surface area contributed by atoms with E-state index in [1.165, 1.54) is 0 Å². The molecule has 1 aliphatic rings. The third-order valence-corrected chi connectivity index (χ3v) is 7.23. The lowest BCUT2D eigenvalue weighted by Crippen LogP contribution is -2.39. The maximum absolute atomic E-state index is 13.5. The first-order valence-electron chi connectivity index (χ1n) is 12.4. The predicted molar refractivity (Wildman–Crippen MR) is 136 cm³/mol. The summed E-state index contributed by atoms with van der Waals surface area (Å²) in [5.41, 5.74) is 3.72. The van der Waals surface area contributed by atoms with Crippen LogP contribution in [0.4, 0.5) is 0 Å². The molecule has 5 aromatic rings. The van der Waals surface area contributed by atoms with Crippen molar-refractivity contribution in [2.75, 3.05) is 13.1 Å². The molecule has 1 atom stereocenters. The average molecular weight is 468 g/mol. The molecule has 35 heavy (non-hydrogen) atoms. The van der Waals surface area contributed by atoms with E-state index in [-0.39, 0.29) is 11.6 Å². The van der Waals surface area contributed by atoms with Gasteiger partial charge in [0.2, 0.25) is 0 Å². The zero-order valence-corrected chi connectivity index (χ0v) is 19.8. The minimum atomic E-state index is -0.0433. The summed E-state index contributed by atoms with van der Waals surface area (Å²) in [5, 5.41) is 7.53. The van der Waals surface area contributed by atoms with E-state index in [0.717, 1.165) is 60.6 Å². The molecule has 6 rings (SSSR count). The number of fused-ring (bicyclic) bond motifs is 2. The molecule has 0 bridgehead atoms. The van der Waals surface area contributed by atoms with Crippen molar-refractivity contribution in [1.82, 2.24) is 34.6 Å². The molecular weight excluding hydrogens is 438 g/mol. The molecule has 0 spiro atoms. The molecule has 1 saturated heterocycles. The molecule has 8 nitrogen and oxygen atoms in total. The molecule has 1 fully saturated rings. The summed E-state index contributed by atoms with van der Waals surface area (Å²) in [7, 11) is 0. The molecule has 0 amide bonds.